The lowest BCUT2D eigenvalue weighted by Gasteiger charge is -2.18. The summed E-state index contributed by atoms with van der Waals surface area (Å²) in [6, 6.07) is 12.7. The topological polar surface area (TPSA) is 29.3 Å². The summed E-state index contributed by atoms with van der Waals surface area (Å²) in [7, 11) is 0. The first-order valence-corrected chi connectivity index (χ1v) is 7.20. The number of nitrogens with zero attached hydrogens (tertiary/aromatic N) is 2. The van der Waals surface area contributed by atoms with Gasteiger partial charge in [-0.15, -0.1) is 0 Å². The quantitative estimate of drug-likeness (QED) is 0.775. The largest absolute Gasteiger partial charge is 0.306 e. The highest BCUT2D eigenvalue weighted by Crippen LogP contribution is 2.26. The van der Waals surface area contributed by atoms with E-state index in [0.717, 1.165) is 29.6 Å². The van der Waals surface area contributed by atoms with Gasteiger partial charge in [-0.3, -0.25) is 0 Å². The zero-order valence-corrected chi connectivity index (χ0v) is 12.0. The molecule has 2 aromatic heterocycles. The summed E-state index contributed by atoms with van der Waals surface area (Å²) >= 11 is 0. The molecule has 3 rings (SSSR count). The van der Waals surface area contributed by atoms with Crippen LogP contribution in [0.1, 0.15) is 30.5 Å². The van der Waals surface area contributed by atoms with Crippen LogP contribution in [0.4, 0.5) is 4.39 Å². The van der Waals surface area contributed by atoms with E-state index in [1.807, 2.05) is 47.2 Å². The number of halogens is 1. The summed E-state index contributed by atoms with van der Waals surface area (Å²) in [5, 5.41) is 7.92. The van der Waals surface area contributed by atoms with Gasteiger partial charge in [0.25, 0.3) is 0 Å². The SMILES string of the molecule is CCCNC(c1ccc(F)cc1)c1cnn2ccccc12. The molecule has 1 N–H and O–H groups in total. The van der Waals surface area contributed by atoms with Crippen molar-refractivity contribution in [3.63, 3.8) is 0 Å². The highest BCUT2D eigenvalue weighted by atomic mass is 19.1. The zero-order chi connectivity index (χ0) is 14.7. The fourth-order valence-corrected chi connectivity index (χ4v) is 2.53. The second kappa shape index (κ2) is 6.06. The summed E-state index contributed by atoms with van der Waals surface area (Å²) < 4.78 is 15.0. The molecule has 0 aliphatic rings. The Hall–Kier alpha value is -2.20. The maximum absolute atomic E-state index is 13.2. The van der Waals surface area contributed by atoms with Crippen LogP contribution in [0.15, 0.2) is 54.9 Å². The van der Waals surface area contributed by atoms with Gasteiger partial charge in [-0.25, -0.2) is 8.91 Å². The minimum atomic E-state index is -0.215. The minimum absolute atomic E-state index is 0.0189. The Kier molecular flexibility index (Phi) is 3.97. The van der Waals surface area contributed by atoms with E-state index < -0.39 is 0 Å². The highest BCUT2D eigenvalue weighted by molar-refractivity contribution is 5.57. The molecule has 3 nitrogen and oxygen atoms in total. The summed E-state index contributed by atoms with van der Waals surface area (Å²) in [5.41, 5.74) is 3.22. The monoisotopic (exact) mass is 283 g/mol. The average molecular weight is 283 g/mol. The smallest absolute Gasteiger partial charge is 0.123 e. The lowest BCUT2D eigenvalue weighted by Crippen LogP contribution is -2.23. The molecule has 0 spiro atoms. The Morgan fingerprint density at radius 3 is 2.76 bits per heavy atom. The number of rotatable bonds is 5. The molecular formula is C17H18FN3. The maximum atomic E-state index is 13.2. The van der Waals surface area contributed by atoms with E-state index in [2.05, 4.69) is 17.3 Å². The third-order valence-electron chi connectivity index (χ3n) is 3.57. The summed E-state index contributed by atoms with van der Waals surface area (Å²) in [6.45, 7) is 3.02. The fraction of sp³-hybridized carbons (Fsp3) is 0.235. The molecule has 1 aromatic carbocycles. The molecular weight excluding hydrogens is 265 g/mol. The average Bonchev–Trinajstić information content (AvgIpc) is 2.93. The van der Waals surface area contributed by atoms with Gasteiger partial charge < -0.3 is 5.32 Å². The van der Waals surface area contributed by atoms with E-state index in [9.17, 15) is 4.39 Å². The zero-order valence-electron chi connectivity index (χ0n) is 12.0. The molecule has 0 aliphatic heterocycles. The van der Waals surface area contributed by atoms with Crippen molar-refractivity contribution in [3.8, 4) is 0 Å². The van der Waals surface area contributed by atoms with Gasteiger partial charge in [0.15, 0.2) is 0 Å². The molecule has 0 saturated heterocycles. The Labute approximate surface area is 123 Å². The van der Waals surface area contributed by atoms with Crippen LogP contribution in [0.2, 0.25) is 0 Å². The van der Waals surface area contributed by atoms with E-state index >= 15 is 0 Å². The van der Waals surface area contributed by atoms with Crippen molar-refractivity contribution in [3.05, 3.63) is 71.8 Å². The second-order valence-corrected chi connectivity index (χ2v) is 5.07. The molecule has 0 bridgehead atoms. The van der Waals surface area contributed by atoms with E-state index in [0.29, 0.717) is 0 Å². The molecule has 2 heterocycles. The van der Waals surface area contributed by atoms with Crippen molar-refractivity contribution in [2.75, 3.05) is 6.54 Å². The van der Waals surface area contributed by atoms with Gasteiger partial charge in [0.1, 0.15) is 5.82 Å². The van der Waals surface area contributed by atoms with Gasteiger partial charge in [-0.2, -0.15) is 5.10 Å². The van der Waals surface area contributed by atoms with Gasteiger partial charge in [-0.05, 0) is 42.8 Å². The van der Waals surface area contributed by atoms with Crippen LogP contribution in [0, 0.1) is 5.82 Å². The van der Waals surface area contributed by atoms with E-state index in [4.69, 9.17) is 0 Å². The first-order chi connectivity index (χ1) is 10.3. The second-order valence-electron chi connectivity index (χ2n) is 5.07. The lowest BCUT2D eigenvalue weighted by molar-refractivity contribution is 0.595. The van der Waals surface area contributed by atoms with Crippen molar-refractivity contribution in [1.82, 2.24) is 14.9 Å². The predicted molar refractivity (Wildman–Crippen MR) is 81.7 cm³/mol. The third kappa shape index (κ3) is 2.81. The lowest BCUT2D eigenvalue weighted by atomic mass is 9.99. The van der Waals surface area contributed by atoms with Crippen molar-refractivity contribution in [1.29, 1.82) is 0 Å². The Balaban J connectivity index is 2.04. The molecule has 3 aromatic rings. The molecule has 0 aliphatic carbocycles. The summed E-state index contributed by atoms with van der Waals surface area (Å²) in [5.74, 6) is -0.215. The van der Waals surface area contributed by atoms with Crippen LogP contribution < -0.4 is 5.32 Å². The van der Waals surface area contributed by atoms with Gasteiger partial charge in [0.05, 0.1) is 17.8 Å². The number of fused-ring (bicyclic) bond motifs is 1. The van der Waals surface area contributed by atoms with Crippen LogP contribution in [0.5, 0.6) is 0 Å². The number of hydrogen-bond acceptors (Lipinski definition) is 2. The number of benzene rings is 1. The molecule has 0 fully saturated rings. The molecule has 21 heavy (non-hydrogen) atoms. The van der Waals surface area contributed by atoms with E-state index in [1.54, 1.807) is 0 Å². The number of hydrogen-bond donors (Lipinski definition) is 1. The first kappa shape index (κ1) is 13.8. The maximum Gasteiger partial charge on any atom is 0.123 e. The molecule has 0 saturated carbocycles. The molecule has 1 unspecified atom stereocenters. The van der Waals surface area contributed by atoms with Gasteiger partial charge in [-0.1, -0.05) is 25.1 Å². The van der Waals surface area contributed by atoms with Crippen LogP contribution in [-0.4, -0.2) is 16.2 Å². The van der Waals surface area contributed by atoms with Crippen LogP contribution in [-0.2, 0) is 0 Å². The number of nitrogens with one attached hydrogen (secondary N) is 1. The fourth-order valence-electron chi connectivity index (χ4n) is 2.53. The number of pyridine rings is 1. The summed E-state index contributed by atoms with van der Waals surface area (Å²) in [4.78, 5) is 0. The third-order valence-corrected chi connectivity index (χ3v) is 3.57. The van der Waals surface area contributed by atoms with Crippen molar-refractivity contribution < 1.29 is 4.39 Å². The van der Waals surface area contributed by atoms with Gasteiger partial charge in [0, 0.05) is 11.8 Å². The van der Waals surface area contributed by atoms with Crippen molar-refractivity contribution >= 4 is 5.52 Å². The predicted octanol–water partition coefficient (Wildman–Crippen LogP) is 3.56. The molecule has 1 atom stereocenters. The Bertz CT molecular complexity index is 718. The van der Waals surface area contributed by atoms with Crippen molar-refractivity contribution in [2.24, 2.45) is 0 Å². The standard InChI is InChI=1S/C17H18FN3/c1-2-10-19-17(13-6-8-14(18)9-7-13)15-12-20-21-11-4-3-5-16(15)21/h3-9,11-12,17,19H,2,10H2,1H3. The van der Waals surface area contributed by atoms with E-state index in [-0.39, 0.29) is 11.9 Å². The van der Waals surface area contributed by atoms with Gasteiger partial charge >= 0.3 is 0 Å². The summed E-state index contributed by atoms with van der Waals surface area (Å²) in [6.07, 6.45) is 4.85. The minimum Gasteiger partial charge on any atom is -0.306 e. The Morgan fingerprint density at radius 2 is 2.00 bits per heavy atom. The molecule has 0 radical (unpaired) electrons. The molecule has 108 valence electrons. The number of aromatic nitrogens is 2. The van der Waals surface area contributed by atoms with Gasteiger partial charge in [0.2, 0.25) is 0 Å². The Morgan fingerprint density at radius 1 is 1.19 bits per heavy atom. The van der Waals surface area contributed by atoms with Crippen LogP contribution in [0.25, 0.3) is 5.52 Å². The first-order valence-electron chi connectivity index (χ1n) is 7.20. The van der Waals surface area contributed by atoms with E-state index in [1.165, 1.54) is 12.1 Å². The highest BCUT2D eigenvalue weighted by Gasteiger charge is 2.17. The van der Waals surface area contributed by atoms with Crippen LogP contribution >= 0.6 is 0 Å². The molecule has 0 amide bonds. The normalized spacial score (nSPS) is 12.7. The molecule has 4 heteroatoms. The van der Waals surface area contributed by atoms with Crippen LogP contribution in [0.3, 0.4) is 0 Å². The van der Waals surface area contributed by atoms with Crippen molar-refractivity contribution in [2.45, 2.75) is 19.4 Å².